The summed E-state index contributed by atoms with van der Waals surface area (Å²) in [6.07, 6.45) is -5.30. The Labute approximate surface area is 115 Å². The lowest BCUT2D eigenvalue weighted by atomic mass is 9.98. The fraction of sp³-hybridized carbons (Fsp3) is 0.750. The Morgan fingerprint density at radius 3 is 2.45 bits per heavy atom. The molecule has 0 bridgehead atoms. The molecule has 1 heterocycles. The van der Waals surface area contributed by atoms with Gasteiger partial charge in [0.15, 0.2) is 11.9 Å². The van der Waals surface area contributed by atoms with E-state index in [4.69, 9.17) is 19.8 Å². The topological polar surface area (TPSA) is 143 Å². The largest absolute Gasteiger partial charge is 0.394 e. The number of nitrogens with zero attached hydrogens (tertiary/aromatic N) is 1. The molecule has 1 saturated heterocycles. The van der Waals surface area contributed by atoms with Crippen molar-refractivity contribution in [3.05, 3.63) is 12.2 Å². The highest BCUT2D eigenvalue weighted by Crippen LogP contribution is 2.32. The van der Waals surface area contributed by atoms with Crippen LogP contribution in [0.2, 0.25) is 0 Å². The molecule has 1 aliphatic carbocycles. The normalized spacial score (nSPS) is 48.2. The SMILES string of the molecule is N#C[C@@]1(O[C@@H]2O[C@H](CO)[C@@H](O)[C@H](O)[C@H]2O)C=C[C@H](O)C1. The smallest absolute Gasteiger partial charge is 0.189 e. The Hall–Kier alpha value is -1.05. The lowest BCUT2D eigenvalue weighted by Crippen LogP contribution is -2.60. The summed E-state index contributed by atoms with van der Waals surface area (Å²) in [4.78, 5) is 0. The molecule has 0 aromatic rings. The van der Waals surface area contributed by atoms with Crippen LogP contribution in [0.3, 0.4) is 0 Å². The molecule has 0 spiro atoms. The predicted molar refractivity (Wildman–Crippen MR) is 63.0 cm³/mol. The average molecular weight is 287 g/mol. The second-order valence-electron chi connectivity index (χ2n) is 4.95. The van der Waals surface area contributed by atoms with E-state index >= 15 is 0 Å². The first-order valence-corrected chi connectivity index (χ1v) is 6.19. The Kier molecular flexibility index (Phi) is 4.41. The predicted octanol–water partition coefficient (Wildman–Crippen LogP) is -2.61. The van der Waals surface area contributed by atoms with Crippen LogP contribution < -0.4 is 0 Å². The number of aliphatic hydroxyl groups is 5. The maximum atomic E-state index is 9.82. The lowest BCUT2D eigenvalue weighted by Gasteiger charge is -2.41. The molecule has 0 unspecified atom stereocenters. The van der Waals surface area contributed by atoms with Crippen molar-refractivity contribution in [2.45, 2.75) is 48.8 Å². The maximum Gasteiger partial charge on any atom is 0.189 e. The second kappa shape index (κ2) is 5.75. The van der Waals surface area contributed by atoms with Crippen molar-refractivity contribution in [2.24, 2.45) is 0 Å². The molecule has 2 rings (SSSR count). The second-order valence-corrected chi connectivity index (χ2v) is 4.95. The summed E-state index contributed by atoms with van der Waals surface area (Å²) in [5.41, 5.74) is -1.48. The molecule has 5 N–H and O–H groups in total. The van der Waals surface area contributed by atoms with Crippen LogP contribution in [-0.2, 0) is 9.47 Å². The van der Waals surface area contributed by atoms with E-state index in [0.29, 0.717) is 0 Å². The third kappa shape index (κ3) is 2.70. The van der Waals surface area contributed by atoms with E-state index < -0.39 is 49.0 Å². The van der Waals surface area contributed by atoms with Gasteiger partial charge in [-0.25, -0.2) is 0 Å². The molecule has 1 fully saturated rings. The van der Waals surface area contributed by atoms with E-state index in [0.717, 1.165) is 0 Å². The van der Waals surface area contributed by atoms with Crippen molar-refractivity contribution in [1.82, 2.24) is 0 Å². The van der Waals surface area contributed by atoms with Gasteiger partial charge in [-0.2, -0.15) is 5.26 Å². The summed E-state index contributed by atoms with van der Waals surface area (Å²) in [5, 5.41) is 56.7. The summed E-state index contributed by atoms with van der Waals surface area (Å²) in [7, 11) is 0. The Morgan fingerprint density at radius 1 is 1.25 bits per heavy atom. The average Bonchev–Trinajstić information content (AvgIpc) is 2.81. The van der Waals surface area contributed by atoms with Crippen molar-refractivity contribution >= 4 is 0 Å². The van der Waals surface area contributed by atoms with Crippen LogP contribution in [0.15, 0.2) is 12.2 Å². The number of rotatable bonds is 3. The molecule has 112 valence electrons. The fourth-order valence-corrected chi connectivity index (χ4v) is 2.28. The van der Waals surface area contributed by atoms with Gasteiger partial charge in [0.1, 0.15) is 30.5 Å². The lowest BCUT2D eigenvalue weighted by molar-refractivity contribution is -0.315. The van der Waals surface area contributed by atoms with E-state index in [1.54, 1.807) is 0 Å². The molecule has 20 heavy (non-hydrogen) atoms. The van der Waals surface area contributed by atoms with Gasteiger partial charge in [0.05, 0.1) is 12.7 Å². The molecule has 0 aromatic heterocycles. The maximum absolute atomic E-state index is 9.82. The van der Waals surface area contributed by atoms with Crippen LogP contribution in [0, 0.1) is 11.3 Å². The first kappa shape index (κ1) is 15.3. The van der Waals surface area contributed by atoms with Crippen molar-refractivity contribution in [3.63, 3.8) is 0 Å². The first-order chi connectivity index (χ1) is 9.42. The van der Waals surface area contributed by atoms with Gasteiger partial charge in [-0.05, 0) is 6.08 Å². The molecule has 2 aliphatic rings. The van der Waals surface area contributed by atoms with Crippen LogP contribution in [0.25, 0.3) is 0 Å². The van der Waals surface area contributed by atoms with E-state index in [-0.39, 0.29) is 6.42 Å². The van der Waals surface area contributed by atoms with Crippen molar-refractivity contribution in [1.29, 1.82) is 5.26 Å². The van der Waals surface area contributed by atoms with E-state index in [1.165, 1.54) is 12.2 Å². The zero-order valence-electron chi connectivity index (χ0n) is 10.5. The third-order valence-electron chi connectivity index (χ3n) is 3.46. The van der Waals surface area contributed by atoms with Gasteiger partial charge in [0, 0.05) is 6.42 Å². The molecular formula is C12H17NO7. The zero-order valence-corrected chi connectivity index (χ0v) is 10.5. The monoisotopic (exact) mass is 287 g/mol. The van der Waals surface area contributed by atoms with Crippen LogP contribution in [0.5, 0.6) is 0 Å². The quantitative estimate of drug-likeness (QED) is 0.355. The van der Waals surface area contributed by atoms with Gasteiger partial charge in [-0.3, -0.25) is 0 Å². The van der Waals surface area contributed by atoms with Gasteiger partial charge >= 0.3 is 0 Å². The van der Waals surface area contributed by atoms with Crippen molar-refractivity contribution in [2.75, 3.05) is 6.61 Å². The summed E-state index contributed by atoms with van der Waals surface area (Å²) < 4.78 is 10.5. The van der Waals surface area contributed by atoms with Gasteiger partial charge in [-0.1, -0.05) is 6.08 Å². The summed E-state index contributed by atoms with van der Waals surface area (Å²) in [6.45, 7) is -0.581. The Bertz CT molecular complexity index is 421. The molecule has 0 saturated carbocycles. The number of aliphatic hydroxyl groups excluding tert-OH is 5. The standard InChI is InChI=1S/C12H17NO7/c13-5-12(2-1-6(15)3-12)20-11-10(18)9(17)8(16)7(4-14)19-11/h1-2,6-11,14-18H,3-4H2/t6-,7+,8+,9-,10+,11-,12+/m0/s1. The number of nitriles is 1. The summed E-state index contributed by atoms with van der Waals surface area (Å²) >= 11 is 0. The molecule has 8 nitrogen and oxygen atoms in total. The van der Waals surface area contributed by atoms with E-state index in [9.17, 15) is 20.4 Å². The fourth-order valence-electron chi connectivity index (χ4n) is 2.28. The zero-order chi connectivity index (χ0) is 14.9. The molecule has 0 aromatic carbocycles. The number of hydrogen-bond acceptors (Lipinski definition) is 8. The third-order valence-corrected chi connectivity index (χ3v) is 3.46. The molecule has 1 aliphatic heterocycles. The summed E-state index contributed by atoms with van der Waals surface area (Å²) in [5.74, 6) is 0. The minimum Gasteiger partial charge on any atom is -0.394 e. The van der Waals surface area contributed by atoms with Crippen LogP contribution in [0.1, 0.15) is 6.42 Å². The minimum atomic E-state index is -1.58. The van der Waals surface area contributed by atoms with Gasteiger partial charge in [-0.15, -0.1) is 0 Å². The van der Waals surface area contributed by atoms with Gasteiger partial charge in [0.25, 0.3) is 0 Å². The molecule has 0 radical (unpaired) electrons. The van der Waals surface area contributed by atoms with Crippen LogP contribution in [-0.4, -0.2) is 74.6 Å². The van der Waals surface area contributed by atoms with Gasteiger partial charge in [0.2, 0.25) is 0 Å². The highest BCUT2D eigenvalue weighted by atomic mass is 16.7. The summed E-state index contributed by atoms with van der Waals surface area (Å²) in [6, 6.07) is 1.87. The van der Waals surface area contributed by atoms with Crippen molar-refractivity contribution in [3.8, 4) is 6.07 Å². The first-order valence-electron chi connectivity index (χ1n) is 6.19. The van der Waals surface area contributed by atoms with Crippen LogP contribution >= 0.6 is 0 Å². The van der Waals surface area contributed by atoms with Crippen molar-refractivity contribution < 1.29 is 35.0 Å². The van der Waals surface area contributed by atoms with Crippen LogP contribution in [0.4, 0.5) is 0 Å². The van der Waals surface area contributed by atoms with E-state index in [1.807, 2.05) is 6.07 Å². The van der Waals surface area contributed by atoms with Gasteiger partial charge < -0.3 is 35.0 Å². The highest BCUT2D eigenvalue weighted by Gasteiger charge is 2.48. The molecule has 8 heteroatoms. The molecule has 0 amide bonds. The number of hydrogen-bond donors (Lipinski definition) is 5. The number of ether oxygens (including phenoxy) is 2. The highest BCUT2D eigenvalue weighted by molar-refractivity contribution is 5.24. The molecule has 7 atom stereocenters. The Morgan fingerprint density at radius 2 is 1.95 bits per heavy atom. The minimum absolute atomic E-state index is 0.0292. The Balaban J connectivity index is 2.12. The van der Waals surface area contributed by atoms with E-state index in [2.05, 4.69) is 0 Å². The molecular weight excluding hydrogens is 270 g/mol.